The van der Waals surface area contributed by atoms with Crippen LogP contribution < -0.4 is 10.9 Å². The monoisotopic (exact) mass is 488 g/mol. The molecule has 0 radical (unpaired) electrons. The van der Waals surface area contributed by atoms with Gasteiger partial charge in [0.25, 0.3) is 5.56 Å². The highest BCUT2D eigenvalue weighted by Crippen LogP contribution is 2.34. The van der Waals surface area contributed by atoms with Crippen molar-refractivity contribution in [2.75, 3.05) is 11.1 Å². The number of rotatable bonds is 7. The number of thiophene rings is 1. The molecule has 4 rings (SSSR count). The number of carbonyl (C=O) groups is 1. The quantitative estimate of drug-likeness (QED) is 0.129. The Labute approximate surface area is 196 Å². The van der Waals surface area contributed by atoms with E-state index in [-0.39, 0.29) is 23.5 Å². The predicted molar refractivity (Wildman–Crippen MR) is 128 cm³/mol. The van der Waals surface area contributed by atoms with Gasteiger partial charge in [-0.3, -0.25) is 24.3 Å². The van der Waals surface area contributed by atoms with Crippen molar-refractivity contribution in [2.24, 2.45) is 0 Å². The van der Waals surface area contributed by atoms with Crippen LogP contribution in [0.2, 0.25) is 0 Å². The molecule has 0 bridgehead atoms. The molecule has 172 valence electrons. The number of amides is 1. The summed E-state index contributed by atoms with van der Waals surface area (Å²) in [4.78, 5) is 42.4. The summed E-state index contributed by atoms with van der Waals surface area (Å²) < 4.78 is 15.0. The summed E-state index contributed by atoms with van der Waals surface area (Å²) in [5.41, 5.74) is 0.374. The minimum Gasteiger partial charge on any atom is -0.325 e. The average Bonchev–Trinajstić information content (AvgIpc) is 2.96. The van der Waals surface area contributed by atoms with E-state index < -0.39 is 22.3 Å². The lowest BCUT2D eigenvalue weighted by Crippen LogP contribution is -2.24. The van der Waals surface area contributed by atoms with Crippen LogP contribution in [-0.2, 0) is 24.2 Å². The molecule has 3 aromatic rings. The molecule has 1 aliphatic carbocycles. The fraction of sp³-hybridized carbons (Fsp3) is 0.318. The molecule has 1 amide bonds. The van der Waals surface area contributed by atoms with Gasteiger partial charge in [-0.15, -0.1) is 17.9 Å². The number of aryl methyl sites for hydroxylation is 2. The summed E-state index contributed by atoms with van der Waals surface area (Å²) in [6, 6.07) is 3.15. The number of benzene rings is 1. The maximum Gasteiger partial charge on any atom is 0.306 e. The van der Waals surface area contributed by atoms with Gasteiger partial charge in [-0.2, -0.15) is 4.39 Å². The molecule has 8 nitrogen and oxygen atoms in total. The number of thioether (sulfide) groups is 1. The molecule has 0 saturated heterocycles. The molecule has 0 spiro atoms. The van der Waals surface area contributed by atoms with Crippen molar-refractivity contribution < 1.29 is 14.1 Å². The van der Waals surface area contributed by atoms with Crippen LogP contribution >= 0.6 is 23.1 Å². The van der Waals surface area contributed by atoms with Crippen molar-refractivity contribution in [2.45, 2.75) is 43.8 Å². The first-order valence-electron chi connectivity index (χ1n) is 10.4. The maximum atomic E-state index is 13.5. The second kappa shape index (κ2) is 9.84. The van der Waals surface area contributed by atoms with E-state index in [1.165, 1.54) is 15.5 Å². The average molecular weight is 489 g/mol. The lowest BCUT2D eigenvalue weighted by molar-refractivity contribution is -0.387. The molecule has 1 aliphatic rings. The maximum absolute atomic E-state index is 13.5. The minimum atomic E-state index is -0.979. The predicted octanol–water partition coefficient (Wildman–Crippen LogP) is 4.69. The summed E-state index contributed by atoms with van der Waals surface area (Å²) in [6.07, 6.45) is 6.74. The number of nitrogens with one attached hydrogen (secondary N) is 1. The number of hydrogen-bond donors (Lipinski definition) is 1. The number of aromatic nitrogens is 2. The first-order chi connectivity index (χ1) is 15.9. The van der Waals surface area contributed by atoms with E-state index in [4.69, 9.17) is 4.98 Å². The van der Waals surface area contributed by atoms with Gasteiger partial charge in [0.1, 0.15) is 4.83 Å². The lowest BCUT2D eigenvalue weighted by atomic mass is 10.1. The molecule has 2 aromatic heterocycles. The van der Waals surface area contributed by atoms with Crippen LogP contribution in [0.4, 0.5) is 15.8 Å². The summed E-state index contributed by atoms with van der Waals surface area (Å²) in [5.74, 6) is -1.51. The fourth-order valence-corrected chi connectivity index (χ4v) is 5.97. The molecule has 2 heterocycles. The second-order valence-electron chi connectivity index (χ2n) is 7.60. The summed E-state index contributed by atoms with van der Waals surface area (Å²) in [6.45, 7) is 3.99. The van der Waals surface area contributed by atoms with Crippen LogP contribution in [0.3, 0.4) is 0 Å². The van der Waals surface area contributed by atoms with Gasteiger partial charge in [0.2, 0.25) is 11.7 Å². The molecule has 0 unspecified atom stereocenters. The van der Waals surface area contributed by atoms with Crippen molar-refractivity contribution in [3.63, 3.8) is 0 Å². The van der Waals surface area contributed by atoms with E-state index >= 15 is 0 Å². The molecule has 0 atom stereocenters. The topological polar surface area (TPSA) is 107 Å². The molecule has 1 N–H and O–H groups in total. The smallest absolute Gasteiger partial charge is 0.306 e. The van der Waals surface area contributed by atoms with Crippen LogP contribution in [0.15, 0.2) is 40.8 Å². The van der Waals surface area contributed by atoms with Crippen molar-refractivity contribution in [3.05, 3.63) is 67.6 Å². The SMILES string of the molecule is C=CCn1c(SCC(=O)Nc2ccc(F)c([N+](=O)[O-])c2)nc2sc3c(c2c1=O)CCCCC3. The number of nitro groups is 1. The zero-order valence-corrected chi connectivity index (χ0v) is 19.3. The number of fused-ring (bicyclic) bond motifs is 3. The van der Waals surface area contributed by atoms with Gasteiger partial charge in [0, 0.05) is 23.2 Å². The number of nitrogens with zero attached hydrogens (tertiary/aromatic N) is 3. The van der Waals surface area contributed by atoms with Crippen molar-refractivity contribution in [1.82, 2.24) is 9.55 Å². The Balaban J connectivity index is 1.58. The van der Waals surface area contributed by atoms with Crippen molar-refractivity contribution in [3.8, 4) is 0 Å². The van der Waals surface area contributed by atoms with Crippen LogP contribution in [0.25, 0.3) is 10.2 Å². The number of carbonyl (C=O) groups excluding carboxylic acids is 1. The van der Waals surface area contributed by atoms with E-state index in [1.54, 1.807) is 17.4 Å². The Morgan fingerprint density at radius 2 is 2.15 bits per heavy atom. The Morgan fingerprint density at radius 3 is 2.91 bits per heavy atom. The van der Waals surface area contributed by atoms with E-state index in [0.717, 1.165) is 61.6 Å². The highest BCUT2D eigenvalue weighted by molar-refractivity contribution is 7.99. The molecule has 0 aliphatic heterocycles. The lowest BCUT2D eigenvalue weighted by Gasteiger charge is -2.11. The molecule has 0 fully saturated rings. The van der Waals surface area contributed by atoms with Gasteiger partial charge in [-0.1, -0.05) is 24.3 Å². The van der Waals surface area contributed by atoms with Gasteiger partial charge >= 0.3 is 5.69 Å². The summed E-state index contributed by atoms with van der Waals surface area (Å²) >= 11 is 2.64. The summed E-state index contributed by atoms with van der Waals surface area (Å²) in [7, 11) is 0. The van der Waals surface area contributed by atoms with Gasteiger partial charge in [-0.05, 0) is 43.4 Å². The molecule has 1 aromatic carbocycles. The Morgan fingerprint density at radius 1 is 1.36 bits per heavy atom. The van der Waals surface area contributed by atoms with Crippen LogP contribution in [0.5, 0.6) is 0 Å². The Kier molecular flexibility index (Phi) is 6.89. The van der Waals surface area contributed by atoms with Crippen LogP contribution in [0, 0.1) is 15.9 Å². The first-order valence-corrected chi connectivity index (χ1v) is 12.2. The number of anilines is 1. The fourth-order valence-electron chi connectivity index (χ4n) is 3.85. The largest absolute Gasteiger partial charge is 0.325 e. The van der Waals surface area contributed by atoms with E-state index in [2.05, 4.69) is 11.9 Å². The number of allylic oxidation sites excluding steroid dienone is 1. The molecular weight excluding hydrogens is 467 g/mol. The Bertz CT molecular complexity index is 1320. The highest BCUT2D eigenvalue weighted by atomic mass is 32.2. The van der Waals surface area contributed by atoms with Crippen LogP contribution in [0.1, 0.15) is 29.7 Å². The summed E-state index contributed by atoms with van der Waals surface area (Å²) in [5, 5.41) is 14.5. The number of halogens is 1. The second-order valence-corrected chi connectivity index (χ2v) is 9.63. The molecule has 11 heteroatoms. The standard InChI is InChI=1S/C22H21FN4O4S2/c1-2-10-26-21(29)19-14-6-4-3-5-7-17(14)33-20(19)25-22(26)32-12-18(28)24-13-8-9-15(23)16(11-13)27(30)31/h2,8-9,11H,1,3-7,10,12H2,(H,24,28). The normalized spacial score (nSPS) is 13.4. The van der Waals surface area contributed by atoms with Crippen LogP contribution in [-0.4, -0.2) is 26.1 Å². The molecular formula is C22H21FN4O4S2. The van der Waals surface area contributed by atoms with Gasteiger partial charge in [0.05, 0.1) is 16.1 Å². The Hall–Kier alpha value is -3.05. The number of nitro benzene ring substituents is 1. The number of hydrogen-bond acceptors (Lipinski definition) is 7. The molecule has 33 heavy (non-hydrogen) atoms. The van der Waals surface area contributed by atoms with Gasteiger partial charge in [-0.25, -0.2) is 4.98 Å². The third kappa shape index (κ3) is 4.83. The van der Waals surface area contributed by atoms with E-state index in [0.29, 0.717) is 15.4 Å². The van der Waals surface area contributed by atoms with E-state index in [9.17, 15) is 24.1 Å². The minimum absolute atomic E-state index is 0.0780. The third-order valence-electron chi connectivity index (χ3n) is 5.36. The van der Waals surface area contributed by atoms with Gasteiger partial charge < -0.3 is 5.32 Å². The highest BCUT2D eigenvalue weighted by Gasteiger charge is 2.22. The van der Waals surface area contributed by atoms with Crippen molar-refractivity contribution in [1.29, 1.82) is 0 Å². The first kappa shape index (κ1) is 23.1. The van der Waals surface area contributed by atoms with Crippen molar-refractivity contribution >= 4 is 50.6 Å². The zero-order chi connectivity index (χ0) is 23.5. The molecule has 0 saturated carbocycles. The third-order valence-corrected chi connectivity index (χ3v) is 7.52. The van der Waals surface area contributed by atoms with Gasteiger partial charge in [0.15, 0.2) is 5.16 Å². The van der Waals surface area contributed by atoms with E-state index in [1.807, 2.05) is 0 Å². The zero-order valence-electron chi connectivity index (χ0n) is 17.6.